The molecule has 1 aromatic carbocycles. The Kier molecular flexibility index (Phi) is 5.47. The van der Waals surface area contributed by atoms with Crippen molar-refractivity contribution in [1.29, 1.82) is 0 Å². The summed E-state index contributed by atoms with van der Waals surface area (Å²) < 4.78 is 5.92. The summed E-state index contributed by atoms with van der Waals surface area (Å²) in [6.07, 6.45) is 1.29. The maximum absolute atomic E-state index is 12.7. The molecule has 1 aliphatic rings. The summed E-state index contributed by atoms with van der Waals surface area (Å²) in [5.41, 5.74) is 10.2. The number of hydrogen-bond acceptors (Lipinski definition) is 4. The summed E-state index contributed by atoms with van der Waals surface area (Å²) >= 11 is 6.14. The van der Waals surface area contributed by atoms with E-state index in [0.29, 0.717) is 41.4 Å². The van der Waals surface area contributed by atoms with E-state index in [1.54, 1.807) is 6.07 Å². The van der Waals surface area contributed by atoms with Crippen LogP contribution in [0.2, 0.25) is 5.02 Å². The Morgan fingerprint density at radius 1 is 1.29 bits per heavy atom. The summed E-state index contributed by atoms with van der Waals surface area (Å²) in [4.78, 5) is 23.8. The van der Waals surface area contributed by atoms with Crippen LogP contribution in [-0.2, 0) is 13.0 Å². The molecule has 0 atom stereocenters. The first-order valence-corrected chi connectivity index (χ1v) is 9.32. The maximum Gasteiger partial charge on any atom is 0.332 e. The number of furan rings is 1. The van der Waals surface area contributed by atoms with Gasteiger partial charge in [-0.15, -0.1) is 0 Å². The highest BCUT2D eigenvalue weighted by Crippen LogP contribution is 2.38. The lowest BCUT2D eigenvalue weighted by molar-refractivity contribution is 0.0919. The van der Waals surface area contributed by atoms with E-state index in [1.807, 2.05) is 25.1 Å². The Labute approximate surface area is 168 Å². The van der Waals surface area contributed by atoms with Gasteiger partial charge in [-0.1, -0.05) is 43.6 Å². The second kappa shape index (κ2) is 7.67. The Morgan fingerprint density at radius 2 is 2.00 bits per heavy atom. The number of nitrogens with one attached hydrogen (secondary N) is 2. The molecule has 148 valence electrons. The van der Waals surface area contributed by atoms with E-state index >= 15 is 0 Å². The molecule has 0 saturated heterocycles. The molecule has 3 rings (SSSR count). The number of primary amides is 1. The monoisotopic (exact) mass is 402 g/mol. The Hall–Kier alpha value is -2.80. The van der Waals surface area contributed by atoms with Gasteiger partial charge in [-0.05, 0) is 30.4 Å². The third-order valence-corrected chi connectivity index (χ3v) is 5.07. The van der Waals surface area contributed by atoms with Crippen molar-refractivity contribution in [2.45, 2.75) is 40.2 Å². The largest absolute Gasteiger partial charge is 0.455 e. The second-order valence-corrected chi connectivity index (χ2v) is 8.09. The molecule has 0 spiro atoms. The lowest BCUT2D eigenvalue weighted by Crippen LogP contribution is -2.31. The zero-order chi connectivity index (χ0) is 20.5. The molecule has 1 aliphatic carbocycles. The van der Waals surface area contributed by atoms with E-state index in [2.05, 4.69) is 29.7 Å². The van der Waals surface area contributed by atoms with Gasteiger partial charge in [0.05, 0.1) is 5.71 Å². The van der Waals surface area contributed by atoms with Crippen LogP contribution < -0.4 is 16.5 Å². The van der Waals surface area contributed by atoms with Crippen LogP contribution >= 0.6 is 11.6 Å². The molecule has 1 heterocycles. The van der Waals surface area contributed by atoms with E-state index < -0.39 is 6.03 Å². The molecule has 3 amide bonds. The molecule has 7 nitrogen and oxygen atoms in total. The van der Waals surface area contributed by atoms with E-state index in [-0.39, 0.29) is 17.1 Å². The van der Waals surface area contributed by atoms with Crippen LogP contribution in [0.3, 0.4) is 0 Å². The lowest BCUT2D eigenvalue weighted by Gasteiger charge is -2.29. The first-order valence-electron chi connectivity index (χ1n) is 8.94. The zero-order valence-corrected chi connectivity index (χ0v) is 16.8. The quantitative estimate of drug-likeness (QED) is 0.680. The summed E-state index contributed by atoms with van der Waals surface area (Å²) in [6.45, 7) is 6.25. The number of amides is 3. The molecule has 28 heavy (non-hydrogen) atoms. The van der Waals surface area contributed by atoms with Crippen molar-refractivity contribution in [3.8, 4) is 0 Å². The van der Waals surface area contributed by atoms with Gasteiger partial charge in [0.2, 0.25) is 0 Å². The average Bonchev–Trinajstić information content (AvgIpc) is 2.94. The fourth-order valence-electron chi connectivity index (χ4n) is 3.45. The summed E-state index contributed by atoms with van der Waals surface area (Å²) in [5, 5.41) is 7.58. The van der Waals surface area contributed by atoms with Gasteiger partial charge in [0, 0.05) is 29.1 Å². The van der Waals surface area contributed by atoms with Crippen LogP contribution in [0.25, 0.3) is 0 Å². The number of fused-ring (bicyclic) bond motifs is 1. The third kappa shape index (κ3) is 4.20. The van der Waals surface area contributed by atoms with Crippen molar-refractivity contribution in [1.82, 2.24) is 10.7 Å². The number of carbonyl (C=O) groups is 2. The summed E-state index contributed by atoms with van der Waals surface area (Å²) in [7, 11) is 0. The fraction of sp³-hybridized carbons (Fsp3) is 0.350. The normalized spacial score (nSPS) is 16.5. The van der Waals surface area contributed by atoms with Crippen LogP contribution in [0.15, 0.2) is 33.8 Å². The highest BCUT2D eigenvalue weighted by Gasteiger charge is 2.36. The van der Waals surface area contributed by atoms with Crippen LogP contribution in [0.1, 0.15) is 53.3 Å². The standard InChI is InChI=1S/C20H23ClN4O3/c1-11-16-14(24-25-19(22)27)8-20(2,3)9-15(16)28-17(11)18(26)23-10-12-6-4-5-7-13(12)21/h4-7H,8-10H2,1-3H3,(H,23,26)(H3,22,25,27)/b24-14-. The highest BCUT2D eigenvalue weighted by molar-refractivity contribution is 6.31. The van der Waals surface area contributed by atoms with Crippen molar-refractivity contribution in [3.63, 3.8) is 0 Å². The van der Waals surface area contributed by atoms with E-state index in [4.69, 9.17) is 21.8 Å². The Morgan fingerprint density at radius 3 is 2.68 bits per heavy atom. The van der Waals surface area contributed by atoms with E-state index in [1.165, 1.54) is 0 Å². The van der Waals surface area contributed by atoms with Crippen LogP contribution in [0, 0.1) is 12.3 Å². The predicted molar refractivity (Wildman–Crippen MR) is 107 cm³/mol. The van der Waals surface area contributed by atoms with Gasteiger partial charge in [-0.2, -0.15) is 5.10 Å². The zero-order valence-electron chi connectivity index (χ0n) is 16.1. The number of halogens is 1. The van der Waals surface area contributed by atoms with Crippen molar-refractivity contribution >= 4 is 29.3 Å². The highest BCUT2D eigenvalue weighted by atomic mass is 35.5. The molecule has 0 aliphatic heterocycles. The number of benzene rings is 1. The van der Waals surface area contributed by atoms with Gasteiger partial charge in [0.15, 0.2) is 5.76 Å². The predicted octanol–water partition coefficient (Wildman–Crippen LogP) is 3.52. The molecule has 0 fully saturated rings. The van der Waals surface area contributed by atoms with E-state index in [0.717, 1.165) is 11.1 Å². The molecule has 0 saturated carbocycles. The van der Waals surface area contributed by atoms with Gasteiger partial charge in [0.25, 0.3) is 5.91 Å². The smallest absolute Gasteiger partial charge is 0.332 e. The number of rotatable bonds is 4. The minimum Gasteiger partial charge on any atom is -0.455 e. The number of carbonyl (C=O) groups excluding carboxylic acids is 2. The lowest BCUT2D eigenvalue weighted by atomic mass is 9.75. The molecule has 0 unspecified atom stereocenters. The molecular formula is C20H23ClN4O3. The Balaban J connectivity index is 1.88. The molecule has 2 aromatic rings. The maximum atomic E-state index is 12.7. The van der Waals surface area contributed by atoms with Gasteiger partial charge in [0.1, 0.15) is 5.76 Å². The molecule has 0 radical (unpaired) electrons. The number of hydrazone groups is 1. The van der Waals surface area contributed by atoms with Gasteiger partial charge >= 0.3 is 6.03 Å². The number of urea groups is 1. The number of nitrogens with zero attached hydrogens (tertiary/aromatic N) is 1. The van der Waals surface area contributed by atoms with Gasteiger partial charge in [-0.3, -0.25) is 4.79 Å². The van der Waals surface area contributed by atoms with E-state index in [9.17, 15) is 9.59 Å². The van der Waals surface area contributed by atoms with Crippen LogP contribution in [0.4, 0.5) is 4.79 Å². The average molecular weight is 403 g/mol. The van der Waals surface area contributed by atoms with Crippen molar-refractivity contribution in [3.05, 3.63) is 57.5 Å². The first kappa shape index (κ1) is 19.9. The van der Waals surface area contributed by atoms with Crippen LogP contribution in [-0.4, -0.2) is 17.6 Å². The first-order chi connectivity index (χ1) is 13.2. The second-order valence-electron chi connectivity index (χ2n) is 7.68. The molecule has 0 bridgehead atoms. The van der Waals surface area contributed by atoms with Crippen LogP contribution in [0.5, 0.6) is 0 Å². The Bertz CT molecular complexity index is 962. The van der Waals surface area contributed by atoms with Gasteiger partial charge < -0.3 is 15.5 Å². The molecule has 8 heteroatoms. The van der Waals surface area contributed by atoms with Crippen molar-refractivity contribution < 1.29 is 14.0 Å². The van der Waals surface area contributed by atoms with Crippen molar-refractivity contribution in [2.24, 2.45) is 16.3 Å². The number of hydrogen-bond donors (Lipinski definition) is 3. The summed E-state index contributed by atoms with van der Waals surface area (Å²) in [6, 6.07) is 6.58. The van der Waals surface area contributed by atoms with Crippen molar-refractivity contribution in [2.75, 3.05) is 0 Å². The molecular weight excluding hydrogens is 380 g/mol. The number of nitrogens with two attached hydrogens (primary N) is 1. The topological polar surface area (TPSA) is 110 Å². The minimum atomic E-state index is -0.740. The SMILES string of the molecule is Cc1c(C(=O)NCc2ccccc2Cl)oc2c1/C(=N\NC(N)=O)CC(C)(C)C2. The molecule has 1 aromatic heterocycles. The molecule has 4 N–H and O–H groups in total. The summed E-state index contributed by atoms with van der Waals surface area (Å²) in [5.74, 6) is 0.593. The van der Waals surface area contributed by atoms with Gasteiger partial charge in [-0.25, -0.2) is 10.2 Å². The fourth-order valence-corrected chi connectivity index (χ4v) is 3.65. The third-order valence-electron chi connectivity index (χ3n) is 4.70. The minimum absolute atomic E-state index is 0.124.